The van der Waals surface area contributed by atoms with Crippen LogP contribution in [0.2, 0.25) is 0 Å². The van der Waals surface area contributed by atoms with Crippen molar-refractivity contribution < 1.29 is 18.0 Å². The van der Waals surface area contributed by atoms with Crippen LogP contribution < -0.4 is 10.6 Å². The van der Waals surface area contributed by atoms with Gasteiger partial charge in [0.25, 0.3) is 5.91 Å². The van der Waals surface area contributed by atoms with E-state index in [1.807, 2.05) is 0 Å². The van der Waals surface area contributed by atoms with Gasteiger partial charge in [0, 0.05) is 25.5 Å². The van der Waals surface area contributed by atoms with Gasteiger partial charge >= 0.3 is 6.18 Å². The van der Waals surface area contributed by atoms with Gasteiger partial charge in [0.1, 0.15) is 5.69 Å². The maximum absolute atomic E-state index is 11.9. The van der Waals surface area contributed by atoms with Crippen LogP contribution >= 0.6 is 0 Å². The van der Waals surface area contributed by atoms with Crippen LogP contribution in [0.5, 0.6) is 0 Å². The van der Waals surface area contributed by atoms with Gasteiger partial charge in [0.2, 0.25) is 0 Å². The molecule has 4 nitrogen and oxygen atoms in total. The standard InChI is InChI=1S/C10H12F3N3O/c1-14-9(17)8-6-7(2-4-16-8)15-5-3-10(11,12)13/h2,4,6H,3,5H2,1H3,(H,14,17)(H,15,16). The quantitative estimate of drug-likeness (QED) is 0.853. The number of nitrogens with one attached hydrogen (secondary N) is 2. The van der Waals surface area contributed by atoms with Gasteiger partial charge < -0.3 is 10.6 Å². The highest BCUT2D eigenvalue weighted by Crippen LogP contribution is 2.19. The highest BCUT2D eigenvalue weighted by atomic mass is 19.4. The van der Waals surface area contributed by atoms with E-state index in [0.717, 1.165) is 0 Å². The highest BCUT2D eigenvalue weighted by molar-refractivity contribution is 5.92. The molecule has 17 heavy (non-hydrogen) atoms. The number of carbonyl (C=O) groups is 1. The molecule has 0 atom stereocenters. The van der Waals surface area contributed by atoms with Crippen LogP contribution in [0.25, 0.3) is 0 Å². The molecule has 0 radical (unpaired) electrons. The lowest BCUT2D eigenvalue weighted by atomic mass is 10.3. The van der Waals surface area contributed by atoms with Gasteiger partial charge in [0.05, 0.1) is 6.42 Å². The second-order valence-corrected chi connectivity index (χ2v) is 3.30. The molecule has 1 rings (SSSR count). The highest BCUT2D eigenvalue weighted by Gasteiger charge is 2.26. The molecule has 1 aromatic heterocycles. The Morgan fingerprint density at radius 1 is 1.47 bits per heavy atom. The fraction of sp³-hybridized carbons (Fsp3) is 0.400. The van der Waals surface area contributed by atoms with E-state index in [4.69, 9.17) is 0 Å². The molecule has 0 spiro atoms. The molecule has 0 bridgehead atoms. The minimum Gasteiger partial charge on any atom is -0.385 e. The Morgan fingerprint density at radius 3 is 2.76 bits per heavy atom. The lowest BCUT2D eigenvalue weighted by Crippen LogP contribution is -2.19. The molecule has 2 N–H and O–H groups in total. The molecule has 0 aliphatic rings. The Bertz CT molecular complexity index is 393. The number of nitrogens with zero attached hydrogens (tertiary/aromatic N) is 1. The first-order valence-electron chi connectivity index (χ1n) is 4.91. The molecule has 0 aliphatic heterocycles. The number of aromatic nitrogens is 1. The lowest BCUT2D eigenvalue weighted by Gasteiger charge is -2.09. The number of amides is 1. The predicted molar refractivity (Wildman–Crippen MR) is 56.8 cm³/mol. The third-order valence-corrected chi connectivity index (χ3v) is 1.96. The minimum absolute atomic E-state index is 0.157. The SMILES string of the molecule is CNC(=O)c1cc(NCCC(F)(F)F)ccn1. The summed E-state index contributed by atoms with van der Waals surface area (Å²) in [5, 5.41) is 4.96. The maximum atomic E-state index is 11.9. The van der Waals surface area contributed by atoms with Gasteiger partial charge in [-0.3, -0.25) is 9.78 Å². The number of carbonyl (C=O) groups excluding carboxylic acids is 1. The summed E-state index contributed by atoms with van der Waals surface area (Å²) >= 11 is 0. The largest absolute Gasteiger partial charge is 0.390 e. The molecule has 1 aromatic rings. The molecule has 0 fully saturated rings. The van der Waals surface area contributed by atoms with E-state index in [2.05, 4.69) is 15.6 Å². The zero-order valence-electron chi connectivity index (χ0n) is 9.14. The summed E-state index contributed by atoms with van der Waals surface area (Å²) in [6.07, 6.45) is -3.76. The molecule has 0 aliphatic carbocycles. The molecule has 1 heterocycles. The summed E-state index contributed by atoms with van der Waals surface area (Å²) < 4.78 is 35.7. The Balaban J connectivity index is 2.57. The molecule has 0 unspecified atom stereocenters. The van der Waals surface area contributed by atoms with Crippen LogP contribution in [0.3, 0.4) is 0 Å². The lowest BCUT2D eigenvalue weighted by molar-refractivity contribution is -0.131. The van der Waals surface area contributed by atoms with Crippen molar-refractivity contribution >= 4 is 11.6 Å². The first-order valence-corrected chi connectivity index (χ1v) is 4.91. The molecule has 0 aromatic carbocycles. The van der Waals surface area contributed by atoms with Crippen molar-refractivity contribution in [2.75, 3.05) is 18.9 Å². The first-order chi connectivity index (χ1) is 7.92. The number of hydrogen-bond acceptors (Lipinski definition) is 3. The van der Waals surface area contributed by atoms with Crippen LogP contribution in [0.1, 0.15) is 16.9 Å². The smallest absolute Gasteiger partial charge is 0.385 e. The number of rotatable bonds is 4. The van der Waals surface area contributed by atoms with Crippen molar-refractivity contribution in [3.05, 3.63) is 24.0 Å². The predicted octanol–water partition coefficient (Wildman–Crippen LogP) is 1.81. The van der Waals surface area contributed by atoms with Crippen LogP contribution in [-0.2, 0) is 0 Å². The number of pyridine rings is 1. The fourth-order valence-corrected chi connectivity index (χ4v) is 1.14. The molecule has 94 valence electrons. The maximum Gasteiger partial charge on any atom is 0.390 e. The summed E-state index contributed by atoms with van der Waals surface area (Å²) in [7, 11) is 1.45. The Hall–Kier alpha value is -1.79. The number of alkyl halides is 3. The van der Waals surface area contributed by atoms with E-state index in [0.29, 0.717) is 5.69 Å². The topological polar surface area (TPSA) is 54.0 Å². The number of hydrogen-bond donors (Lipinski definition) is 2. The molecule has 7 heteroatoms. The minimum atomic E-state index is -4.19. The van der Waals surface area contributed by atoms with Gasteiger partial charge in [0.15, 0.2) is 0 Å². The van der Waals surface area contributed by atoms with Gasteiger partial charge in [-0.15, -0.1) is 0 Å². The van der Waals surface area contributed by atoms with Crippen molar-refractivity contribution in [2.24, 2.45) is 0 Å². The molecule has 0 saturated carbocycles. The zero-order chi connectivity index (χ0) is 12.9. The van der Waals surface area contributed by atoms with E-state index in [1.165, 1.54) is 25.4 Å². The van der Waals surface area contributed by atoms with Gasteiger partial charge in [-0.2, -0.15) is 13.2 Å². The summed E-state index contributed by atoms with van der Waals surface area (Å²) in [5.74, 6) is -0.385. The summed E-state index contributed by atoms with van der Waals surface area (Å²) in [4.78, 5) is 15.0. The van der Waals surface area contributed by atoms with Crippen molar-refractivity contribution in [1.29, 1.82) is 0 Å². The first kappa shape index (κ1) is 13.3. The second-order valence-electron chi connectivity index (χ2n) is 3.30. The Morgan fingerprint density at radius 2 is 2.18 bits per heavy atom. The van der Waals surface area contributed by atoms with Crippen LogP contribution in [0, 0.1) is 0 Å². The second kappa shape index (κ2) is 5.51. The Kier molecular flexibility index (Phi) is 4.30. The number of anilines is 1. The van der Waals surface area contributed by atoms with E-state index in [9.17, 15) is 18.0 Å². The van der Waals surface area contributed by atoms with Crippen LogP contribution in [0.4, 0.5) is 18.9 Å². The third kappa shape index (κ3) is 4.71. The fourth-order valence-electron chi connectivity index (χ4n) is 1.14. The average molecular weight is 247 g/mol. The average Bonchev–Trinajstić information content (AvgIpc) is 2.27. The van der Waals surface area contributed by atoms with E-state index in [1.54, 1.807) is 0 Å². The van der Waals surface area contributed by atoms with E-state index in [-0.39, 0.29) is 18.1 Å². The number of halogens is 3. The van der Waals surface area contributed by atoms with Crippen molar-refractivity contribution in [3.63, 3.8) is 0 Å². The van der Waals surface area contributed by atoms with E-state index < -0.39 is 12.6 Å². The third-order valence-electron chi connectivity index (χ3n) is 1.96. The van der Waals surface area contributed by atoms with Gasteiger partial charge in [-0.05, 0) is 12.1 Å². The molecular weight excluding hydrogens is 235 g/mol. The van der Waals surface area contributed by atoms with Gasteiger partial charge in [-0.25, -0.2) is 0 Å². The summed E-state index contributed by atoms with van der Waals surface area (Å²) in [5.41, 5.74) is 0.590. The molecular formula is C10H12F3N3O. The van der Waals surface area contributed by atoms with Crippen LogP contribution in [-0.4, -0.2) is 30.7 Å². The van der Waals surface area contributed by atoms with Crippen molar-refractivity contribution in [2.45, 2.75) is 12.6 Å². The Labute approximate surface area is 96.2 Å². The van der Waals surface area contributed by atoms with Crippen LogP contribution in [0.15, 0.2) is 18.3 Å². The normalized spacial score (nSPS) is 11.1. The zero-order valence-corrected chi connectivity index (χ0v) is 9.14. The van der Waals surface area contributed by atoms with Crippen molar-refractivity contribution in [1.82, 2.24) is 10.3 Å². The molecule has 1 amide bonds. The summed E-state index contributed by atoms with van der Waals surface area (Å²) in [6.45, 7) is -0.235. The van der Waals surface area contributed by atoms with Gasteiger partial charge in [-0.1, -0.05) is 0 Å². The summed E-state index contributed by atoms with van der Waals surface area (Å²) in [6, 6.07) is 2.90. The molecule has 0 saturated heterocycles. The monoisotopic (exact) mass is 247 g/mol. The van der Waals surface area contributed by atoms with Crippen molar-refractivity contribution in [3.8, 4) is 0 Å². The van der Waals surface area contributed by atoms with E-state index >= 15 is 0 Å².